The Balaban J connectivity index is 2.78. The zero-order valence-electron chi connectivity index (χ0n) is 12.0. The number of aryl methyl sites for hydroxylation is 1. The normalized spacial score (nSPS) is 19.2. The van der Waals surface area contributed by atoms with E-state index in [2.05, 4.69) is 0 Å². The highest BCUT2D eigenvalue weighted by molar-refractivity contribution is 7.91. The van der Waals surface area contributed by atoms with Gasteiger partial charge in [-0.2, -0.15) is 0 Å². The van der Waals surface area contributed by atoms with Crippen LogP contribution in [0.3, 0.4) is 0 Å². The second-order valence-electron chi connectivity index (χ2n) is 5.24. The molecule has 1 aliphatic rings. The lowest BCUT2D eigenvalue weighted by atomic mass is 9.92. The van der Waals surface area contributed by atoms with Crippen LogP contribution in [0.2, 0.25) is 0 Å². The molecule has 0 spiro atoms. The number of hydrogen-bond donors (Lipinski definition) is 0. The molecule has 0 aromatic heterocycles. The lowest BCUT2D eigenvalue weighted by Gasteiger charge is -2.33. The van der Waals surface area contributed by atoms with Crippen molar-refractivity contribution in [2.24, 2.45) is 0 Å². The molecule has 1 aliphatic heterocycles. The van der Waals surface area contributed by atoms with Crippen molar-refractivity contribution in [3.63, 3.8) is 0 Å². The Labute approximate surface area is 118 Å². The first kappa shape index (κ1) is 15.0. The molecule has 0 aliphatic carbocycles. The number of hydrogen-bond acceptors (Lipinski definition) is 5. The molecule has 20 heavy (non-hydrogen) atoms. The highest BCUT2D eigenvalue weighted by Gasteiger charge is 2.37. The van der Waals surface area contributed by atoms with Crippen LogP contribution < -0.4 is 0 Å². The van der Waals surface area contributed by atoms with Crippen LogP contribution in [0.1, 0.15) is 42.3 Å². The summed E-state index contributed by atoms with van der Waals surface area (Å²) in [6.07, 6.45) is 0.605. The Morgan fingerprint density at radius 2 is 2.05 bits per heavy atom. The summed E-state index contributed by atoms with van der Waals surface area (Å²) in [6.45, 7) is 5.54. The van der Waals surface area contributed by atoms with Gasteiger partial charge in [0.05, 0.1) is 23.2 Å². The van der Waals surface area contributed by atoms with Gasteiger partial charge in [0.15, 0.2) is 5.94 Å². The van der Waals surface area contributed by atoms with E-state index < -0.39 is 21.4 Å². The van der Waals surface area contributed by atoms with Crippen LogP contribution in [0.5, 0.6) is 0 Å². The van der Waals surface area contributed by atoms with Crippen molar-refractivity contribution in [2.75, 3.05) is 13.0 Å². The van der Waals surface area contributed by atoms with Crippen molar-refractivity contribution >= 4 is 15.8 Å². The van der Waals surface area contributed by atoms with Crippen LogP contribution in [0.15, 0.2) is 17.0 Å². The number of esters is 1. The zero-order chi connectivity index (χ0) is 15.1. The van der Waals surface area contributed by atoms with Crippen LogP contribution in [-0.4, -0.2) is 27.4 Å². The van der Waals surface area contributed by atoms with E-state index in [1.807, 2.05) is 20.8 Å². The zero-order valence-corrected chi connectivity index (χ0v) is 12.8. The molecule has 0 saturated carbocycles. The van der Waals surface area contributed by atoms with Crippen LogP contribution in [0, 0.1) is 0 Å². The highest BCUT2D eigenvalue weighted by Crippen LogP contribution is 2.38. The van der Waals surface area contributed by atoms with Gasteiger partial charge in [-0.3, -0.25) is 0 Å². The van der Waals surface area contributed by atoms with Gasteiger partial charge in [-0.05, 0) is 31.9 Å². The van der Waals surface area contributed by atoms with Crippen molar-refractivity contribution < 1.29 is 22.7 Å². The van der Waals surface area contributed by atoms with E-state index in [4.69, 9.17) is 9.47 Å². The van der Waals surface area contributed by atoms with Gasteiger partial charge in [-0.25, -0.2) is 13.2 Å². The molecule has 1 aromatic carbocycles. The van der Waals surface area contributed by atoms with Gasteiger partial charge < -0.3 is 9.47 Å². The Bertz CT molecular complexity index is 658. The largest absolute Gasteiger partial charge is 0.465 e. The number of fused-ring (bicyclic) bond motifs is 1. The average Bonchev–Trinajstić information content (AvgIpc) is 2.42. The fourth-order valence-electron chi connectivity index (χ4n) is 2.31. The van der Waals surface area contributed by atoms with E-state index in [1.165, 1.54) is 13.2 Å². The average molecular weight is 298 g/mol. The Kier molecular flexibility index (Phi) is 3.64. The van der Waals surface area contributed by atoms with Gasteiger partial charge in [0.1, 0.15) is 0 Å². The fourth-order valence-corrected chi connectivity index (χ4v) is 3.83. The maximum Gasteiger partial charge on any atom is 0.338 e. The molecule has 0 saturated heterocycles. The lowest BCUT2D eigenvalue weighted by Crippen LogP contribution is -2.33. The van der Waals surface area contributed by atoms with E-state index in [0.29, 0.717) is 17.5 Å². The number of ether oxygens (including phenoxy) is 2. The second kappa shape index (κ2) is 4.86. The van der Waals surface area contributed by atoms with Crippen LogP contribution in [-0.2, 0) is 31.3 Å². The minimum Gasteiger partial charge on any atom is -0.465 e. The van der Waals surface area contributed by atoms with Gasteiger partial charge in [0, 0.05) is 5.56 Å². The van der Waals surface area contributed by atoms with Crippen molar-refractivity contribution in [2.45, 2.75) is 37.7 Å². The number of carbonyl (C=O) groups excluding carboxylic acids is 1. The van der Waals surface area contributed by atoms with Gasteiger partial charge in [-0.1, -0.05) is 13.0 Å². The number of rotatable bonds is 2. The highest BCUT2D eigenvalue weighted by atomic mass is 32.2. The van der Waals surface area contributed by atoms with E-state index in [0.717, 1.165) is 5.56 Å². The summed E-state index contributed by atoms with van der Waals surface area (Å²) in [5, 5.41) is 0. The number of methoxy groups -OCH3 is 1. The fraction of sp³-hybridized carbons (Fsp3) is 0.500. The molecule has 110 valence electrons. The van der Waals surface area contributed by atoms with Gasteiger partial charge in [0.2, 0.25) is 9.84 Å². The minimum absolute atomic E-state index is 0.159. The summed E-state index contributed by atoms with van der Waals surface area (Å²) < 4.78 is 34.4. The Morgan fingerprint density at radius 3 is 2.60 bits per heavy atom. The maximum absolute atomic E-state index is 12.1. The maximum atomic E-state index is 12.1. The topological polar surface area (TPSA) is 69.7 Å². The monoisotopic (exact) mass is 298 g/mol. The van der Waals surface area contributed by atoms with E-state index in [9.17, 15) is 13.2 Å². The van der Waals surface area contributed by atoms with E-state index in [1.54, 1.807) is 6.07 Å². The molecule has 0 unspecified atom stereocenters. The first-order chi connectivity index (χ1) is 9.23. The Hall–Kier alpha value is -1.40. The summed E-state index contributed by atoms with van der Waals surface area (Å²) >= 11 is 0. The summed E-state index contributed by atoms with van der Waals surface area (Å²) in [6, 6.07) is 3.15. The standard InChI is InChI=1S/C14H18O5S/c1-5-9-6-11-12(7-10(9)13(15)18-4)20(16,17)8-19-14(11,2)3/h6-7H,5,8H2,1-4H3. The van der Waals surface area contributed by atoms with Crippen molar-refractivity contribution in [1.29, 1.82) is 0 Å². The van der Waals surface area contributed by atoms with Gasteiger partial charge in [-0.15, -0.1) is 0 Å². The summed E-state index contributed by atoms with van der Waals surface area (Å²) in [5.41, 5.74) is 0.951. The van der Waals surface area contributed by atoms with Crippen LogP contribution >= 0.6 is 0 Å². The quantitative estimate of drug-likeness (QED) is 0.781. The third-order valence-corrected chi connectivity index (χ3v) is 4.99. The molecule has 1 heterocycles. The molecule has 6 heteroatoms. The predicted octanol–water partition coefficient (Wildman–Crippen LogP) is 2.03. The van der Waals surface area contributed by atoms with Crippen LogP contribution in [0.4, 0.5) is 0 Å². The summed E-state index contributed by atoms with van der Waals surface area (Å²) in [7, 11) is -2.25. The summed E-state index contributed by atoms with van der Waals surface area (Å²) in [4.78, 5) is 12.0. The smallest absolute Gasteiger partial charge is 0.338 e. The molecular weight excluding hydrogens is 280 g/mol. The molecule has 0 atom stereocenters. The van der Waals surface area contributed by atoms with Gasteiger partial charge in [0.25, 0.3) is 0 Å². The van der Waals surface area contributed by atoms with Crippen LogP contribution in [0.25, 0.3) is 0 Å². The SMILES string of the molecule is CCc1cc2c(cc1C(=O)OC)S(=O)(=O)COC2(C)C. The third kappa shape index (κ3) is 2.33. The van der Waals surface area contributed by atoms with Crippen molar-refractivity contribution in [1.82, 2.24) is 0 Å². The first-order valence-electron chi connectivity index (χ1n) is 6.35. The third-order valence-electron chi connectivity index (χ3n) is 3.55. The van der Waals surface area contributed by atoms with Crippen molar-refractivity contribution in [3.05, 3.63) is 28.8 Å². The number of sulfone groups is 1. The lowest BCUT2D eigenvalue weighted by molar-refractivity contribution is -0.00255. The first-order valence-corrected chi connectivity index (χ1v) is 8.00. The predicted molar refractivity (Wildman–Crippen MR) is 73.3 cm³/mol. The molecule has 0 bridgehead atoms. The summed E-state index contributed by atoms with van der Waals surface area (Å²) in [5.74, 6) is -0.900. The molecule has 0 amide bonds. The molecular formula is C14H18O5S. The second-order valence-corrected chi connectivity index (χ2v) is 7.14. The molecule has 1 aromatic rings. The molecule has 2 rings (SSSR count). The van der Waals surface area contributed by atoms with E-state index >= 15 is 0 Å². The number of benzene rings is 1. The molecule has 0 N–H and O–H groups in total. The minimum atomic E-state index is -3.53. The van der Waals surface area contributed by atoms with Crippen molar-refractivity contribution in [3.8, 4) is 0 Å². The number of carbonyl (C=O) groups is 1. The van der Waals surface area contributed by atoms with Gasteiger partial charge >= 0.3 is 5.97 Å². The molecule has 5 nitrogen and oxygen atoms in total. The molecule has 0 fully saturated rings. The van der Waals surface area contributed by atoms with E-state index in [-0.39, 0.29) is 10.8 Å². The molecule has 0 radical (unpaired) electrons. The Morgan fingerprint density at radius 1 is 1.40 bits per heavy atom.